The number of nitrogens with one attached hydrogen (secondary N) is 3. The minimum Gasteiger partial charge on any atom is -0.462 e. The number of amides is 1. The van der Waals surface area contributed by atoms with Gasteiger partial charge in [-0.1, -0.05) is 32.6 Å². The van der Waals surface area contributed by atoms with E-state index in [-0.39, 0.29) is 52.5 Å². The van der Waals surface area contributed by atoms with Gasteiger partial charge in [0.15, 0.2) is 0 Å². The van der Waals surface area contributed by atoms with Crippen molar-refractivity contribution in [3.63, 3.8) is 0 Å². The van der Waals surface area contributed by atoms with E-state index in [1.165, 1.54) is 0 Å². The van der Waals surface area contributed by atoms with Gasteiger partial charge in [0.2, 0.25) is 0 Å². The third kappa shape index (κ3) is 12.4. The molecule has 1 atom stereocenters. The second-order valence-corrected chi connectivity index (χ2v) is 14.3. The molecule has 2 saturated heterocycles. The van der Waals surface area contributed by atoms with E-state index >= 15 is 0 Å². The number of esters is 1. The molecule has 2 aliphatic heterocycles. The van der Waals surface area contributed by atoms with Crippen LogP contribution < -0.4 is 16.0 Å². The third-order valence-corrected chi connectivity index (χ3v) is 7.54. The van der Waals surface area contributed by atoms with Crippen LogP contribution in [0.2, 0.25) is 0 Å². The first-order chi connectivity index (χ1) is 17.0. The van der Waals surface area contributed by atoms with Crippen molar-refractivity contribution in [3.8, 4) is 0 Å². The van der Waals surface area contributed by atoms with Gasteiger partial charge in [0.25, 0.3) is 0 Å². The van der Waals surface area contributed by atoms with Crippen molar-refractivity contribution < 1.29 is 19.1 Å². The van der Waals surface area contributed by atoms with Gasteiger partial charge in [-0.15, -0.1) is 0 Å². The first-order valence-electron chi connectivity index (χ1n) is 14.8. The fourth-order valence-corrected chi connectivity index (χ4v) is 6.81. The Morgan fingerprint density at radius 2 is 1.16 bits per heavy atom. The lowest BCUT2D eigenvalue weighted by molar-refractivity contribution is -0.153. The molecule has 37 heavy (non-hydrogen) atoms. The van der Waals surface area contributed by atoms with E-state index in [2.05, 4.69) is 78.3 Å². The average molecular weight is 524 g/mol. The zero-order valence-electron chi connectivity index (χ0n) is 25.4. The number of rotatable bonds is 12. The standard InChI is InChI=1S/C30H57N3O4/c1-10-11-12-15-22(31-26(35)37-24-20-29(6,7)33-30(8,9)21-24)16-13-14-17-25(34)36-23-18-27(2,3)32-28(4,5)19-23/h22-24,32-33H,10-21H2,1-9H3,(H,31,35). The van der Waals surface area contributed by atoms with Crippen LogP contribution in [0.1, 0.15) is 139 Å². The number of carbonyl (C=O) groups is 2. The van der Waals surface area contributed by atoms with Gasteiger partial charge in [-0.2, -0.15) is 0 Å². The summed E-state index contributed by atoms with van der Waals surface area (Å²) in [6.07, 6.45) is 10.1. The lowest BCUT2D eigenvalue weighted by atomic mass is 9.81. The minimum absolute atomic E-state index is 0.0399. The van der Waals surface area contributed by atoms with E-state index < -0.39 is 0 Å². The summed E-state index contributed by atoms with van der Waals surface area (Å²) in [5.74, 6) is -0.107. The molecular formula is C30H57N3O4. The number of hydrogen-bond donors (Lipinski definition) is 3. The number of ether oxygens (including phenoxy) is 2. The predicted molar refractivity (Wildman–Crippen MR) is 151 cm³/mol. The van der Waals surface area contributed by atoms with Gasteiger partial charge >= 0.3 is 12.1 Å². The molecule has 0 aromatic rings. The van der Waals surface area contributed by atoms with Crippen LogP contribution in [0.3, 0.4) is 0 Å². The molecule has 1 unspecified atom stereocenters. The molecule has 216 valence electrons. The topological polar surface area (TPSA) is 88.7 Å². The van der Waals surface area contributed by atoms with Crippen molar-refractivity contribution >= 4 is 12.1 Å². The quantitative estimate of drug-likeness (QED) is 0.203. The third-order valence-electron chi connectivity index (χ3n) is 7.54. The van der Waals surface area contributed by atoms with Crippen LogP contribution in [-0.4, -0.2) is 52.5 Å². The average Bonchev–Trinajstić information content (AvgIpc) is 2.66. The second kappa shape index (κ2) is 13.1. The Morgan fingerprint density at radius 1 is 0.730 bits per heavy atom. The summed E-state index contributed by atoms with van der Waals surface area (Å²) >= 11 is 0. The summed E-state index contributed by atoms with van der Waals surface area (Å²) < 4.78 is 11.8. The molecule has 3 N–H and O–H groups in total. The molecule has 1 amide bonds. The van der Waals surface area contributed by atoms with Crippen molar-refractivity contribution in [3.05, 3.63) is 0 Å². The zero-order chi connectivity index (χ0) is 27.9. The molecule has 0 aliphatic carbocycles. The van der Waals surface area contributed by atoms with E-state index in [0.29, 0.717) is 6.42 Å². The number of piperidine rings is 2. The number of unbranched alkanes of at least 4 members (excludes halogenated alkanes) is 3. The molecule has 0 saturated carbocycles. The monoisotopic (exact) mass is 523 g/mol. The highest BCUT2D eigenvalue weighted by molar-refractivity contribution is 5.69. The first kappa shape index (κ1) is 31.9. The van der Waals surface area contributed by atoms with Crippen LogP contribution in [-0.2, 0) is 14.3 Å². The Bertz CT molecular complexity index is 715. The second-order valence-electron chi connectivity index (χ2n) is 14.3. The van der Waals surface area contributed by atoms with Crippen LogP contribution in [0.15, 0.2) is 0 Å². The molecule has 0 aromatic carbocycles. The van der Waals surface area contributed by atoms with E-state index in [4.69, 9.17) is 9.47 Å². The van der Waals surface area contributed by atoms with Gasteiger partial charge in [0.05, 0.1) is 0 Å². The van der Waals surface area contributed by atoms with Crippen LogP contribution in [0.4, 0.5) is 4.79 Å². The summed E-state index contributed by atoms with van der Waals surface area (Å²) in [7, 11) is 0. The maximum absolute atomic E-state index is 12.8. The van der Waals surface area contributed by atoms with Crippen LogP contribution >= 0.6 is 0 Å². The normalized spacial score (nSPS) is 23.7. The molecule has 2 fully saturated rings. The SMILES string of the molecule is CCCCCC(CCCCC(=O)OC1CC(C)(C)NC(C)(C)C1)NC(=O)OC1CC(C)(C)NC(C)(C)C1. The molecule has 7 heteroatoms. The van der Waals surface area contributed by atoms with Gasteiger partial charge in [-0.05, 0) is 74.7 Å². The smallest absolute Gasteiger partial charge is 0.407 e. The van der Waals surface area contributed by atoms with Crippen LogP contribution in [0.5, 0.6) is 0 Å². The summed E-state index contributed by atoms with van der Waals surface area (Å²) in [6, 6.07) is 0.0730. The summed E-state index contributed by atoms with van der Waals surface area (Å²) in [6.45, 7) is 19.5. The van der Waals surface area contributed by atoms with Gasteiger partial charge < -0.3 is 25.4 Å². The van der Waals surface area contributed by atoms with E-state index in [1.807, 2.05) is 0 Å². The molecule has 0 spiro atoms. The maximum Gasteiger partial charge on any atom is 0.407 e. The highest BCUT2D eigenvalue weighted by Gasteiger charge is 2.40. The molecule has 0 bridgehead atoms. The Morgan fingerprint density at radius 3 is 1.62 bits per heavy atom. The lowest BCUT2D eigenvalue weighted by Crippen LogP contribution is -2.60. The Labute approximate surface area is 227 Å². The maximum atomic E-state index is 12.8. The lowest BCUT2D eigenvalue weighted by Gasteiger charge is -2.46. The summed E-state index contributed by atoms with van der Waals surface area (Å²) in [4.78, 5) is 25.4. The molecular weight excluding hydrogens is 466 g/mol. The highest BCUT2D eigenvalue weighted by atomic mass is 16.6. The fourth-order valence-electron chi connectivity index (χ4n) is 6.81. The van der Waals surface area contributed by atoms with Crippen molar-refractivity contribution in [2.24, 2.45) is 0 Å². The van der Waals surface area contributed by atoms with Gasteiger partial charge in [-0.25, -0.2) is 4.79 Å². The Balaban J connectivity index is 1.78. The Kier molecular flexibility index (Phi) is 11.3. The summed E-state index contributed by atoms with van der Waals surface area (Å²) in [5, 5.41) is 10.4. The molecule has 2 rings (SSSR count). The molecule has 7 nitrogen and oxygen atoms in total. The van der Waals surface area contributed by atoms with Crippen LogP contribution in [0.25, 0.3) is 0 Å². The van der Waals surface area contributed by atoms with E-state index in [1.54, 1.807) is 0 Å². The van der Waals surface area contributed by atoms with Gasteiger partial charge in [0, 0.05) is 60.3 Å². The van der Waals surface area contributed by atoms with Gasteiger partial charge in [0.1, 0.15) is 12.2 Å². The number of hydrogen-bond acceptors (Lipinski definition) is 6. The van der Waals surface area contributed by atoms with Gasteiger partial charge in [-0.3, -0.25) is 4.79 Å². The van der Waals surface area contributed by atoms with E-state index in [0.717, 1.165) is 70.6 Å². The largest absolute Gasteiger partial charge is 0.462 e. The highest BCUT2D eigenvalue weighted by Crippen LogP contribution is 2.31. The zero-order valence-corrected chi connectivity index (χ0v) is 25.4. The first-order valence-corrected chi connectivity index (χ1v) is 14.8. The predicted octanol–water partition coefficient (Wildman–Crippen LogP) is 6.38. The number of alkyl carbamates (subject to hydrolysis) is 1. The summed E-state index contributed by atoms with van der Waals surface area (Å²) in [5.41, 5.74) is -0.223. The molecule has 0 aromatic heterocycles. The number of carbonyl (C=O) groups excluding carboxylic acids is 2. The fraction of sp³-hybridized carbons (Fsp3) is 0.933. The van der Waals surface area contributed by atoms with E-state index in [9.17, 15) is 9.59 Å². The Hall–Kier alpha value is -1.34. The van der Waals surface area contributed by atoms with Crippen molar-refractivity contribution in [1.82, 2.24) is 16.0 Å². The van der Waals surface area contributed by atoms with Crippen molar-refractivity contribution in [2.75, 3.05) is 0 Å². The molecule has 2 heterocycles. The van der Waals surface area contributed by atoms with Crippen molar-refractivity contribution in [2.45, 2.75) is 180 Å². The molecule has 2 aliphatic rings. The minimum atomic E-state index is -0.310. The molecule has 0 radical (unpaired) electrons. The van der Waals surface area contributed by atoms with Crippen LogP contribution in [0, 0.1) is 0 Å². The van der Waals surface area contributed by atoms with Crippen molar-refractivity contribution in [1.29, 1.82) is 0 Å².